The second-order valence-electron chi connectivity index (χ2n) is 7.15. The van der Waals surface area contributed by atoms with Gasteiger partial charge in [0.05, 0.1) is 18.4 Å². The molecule has 1 aliphatic rings. The van der Waals surface area contributed by atoms with Crippen LogP contribution in [0, 0.1) is 0 Å². The van der Waals surface area contributed by atoms with Crippen molar-refractivity contribution in [1.82, 2.24) is 15.1 Å². The fourth-order valence-corrected chi connectivity index (χ4v) is 3.92. The zero-order valence-electron chi connectivity index (χ0n) is 16.8. The van der Waals surface area contributed by atoms with Crippen LogP contribution in [-0.4, -0.2) is 35.4 Å². The number of methoxy groups -OCH3 is 1. The summed E-state index contributed by atoms with van der Waals surface area (Å²) in [6.07, 6.45) is 3.53. The lowest BCUT2D eigenvalue weighted by molar-refractivity contribution is -0.121. The molecular weight excluding hydrogens is 340 g/mol. The van der Waals surface area contributed by atoms with E-state index in [1.807, 2.05) is 7.05 Å². The molecule has 0 fully saturated rings. The van der Waals surface area contributed by atoms with Gasteiger partial charge in [-0.25, -0.2) is 4.68 Å². The van der Waals surface area contributed by atoms with Crippen LogP contribution in [-0.2, 0) is 31.2 Å². The van der Waals surface area contributed by atoms with Gasteiger partial charge in [-0.2, -0.15) is 5.10 Å². The van der Waals surface area contributed by atoms with Crippen LogP contribution in [0.15, 0.2) is 24.3 Å². The molecule has 0 bridgehead atoms. The third-order valence-electron chi connectivity index (χ3n) is 5.41. The van der Waals surface area contributed by atoms with Crippen LogP contribution in [0.5, 0.6) is 5.88 Å². The van der Waals surface area contributed by atoms with Gasteiger partial charge in [0.2, 0.25) is 11.8 Å². The van der Waals surface area contributed by atoms with Crippen molar-refractivity contribution >= 4 is 11.6 Å². The predicted octanol–water partition coefficient (Wildman–Crippen LogP) is 2.84. The van der Waals surface area contributed by atoms with E-state index in [1.165, 1.54) is 11.3 Å². The molecule has 2 aromatic rings. The van der Waals surface area contributed by atoms with Crippen molar-refractivity contribution in [2.24, 2.45) is 7.05 Å². The van der Waals surface area contributed by atoms with Crippen LogP contribution in [0.1, 0.15) is 43.5 Å². The quantitative estimate of drug-likeness (QED) is 0.814. The normalized spacial score (nSPS) is 16.1. The van der Waals surface area contributed by atoms with E-state index < -0.39 is 0 Å². The molecule has 3 rings (SSSR count). The second kappa shape index (κ2) is 8.46. The topological polar surface area (TPSA) is 59.4 Å². The van der Waals surface area contributed by atoms with Crippen LogP contribution >= 0.6 is 0 Å². The van der Waals surface area contributed by atoms with E-state index in [0.717, 1.165) is 37.1 Å². The van der Waals surface area contributed by atoms with E-state index in [0.29, 0.717) is 24.9 Å². The minimum absolute atomic E-state index is 0.0539. The van der Waals surface area contributed by atoms with E-state index in [2.05, 4.69) is 53.4 Å². The monoisotopic (exact) mass is 370 g/mol. The van der Waals surface area contributed by atoms with Crippen molar-refractivity contribution in [1.29, 1.82) is 0 Å². The molecule has 6 heteroatoms. The van der Waals surface area contributed by atoms with Crippen molar-refractivity contribution in [2.75, 3.05) is 18.6 Å². The van der Waals surface area contributed by atoms with Crippen molar-refractivity contribution in [3.8, 4) is 5.88 Å². The minimum atomic E-state index is 0.0539. The molecule has 6 nitrogen and oxygen atoms in total. The Labute approximate surface area is 161 Å². The van der Waals surface area contributed by atoms with Crippen LogP contribution in [0.4, 0.5) is 5.69 Å². The molecule has 146 valence electrons. The van der Waals surface area contributed by atoms with Crippen LogP contribution in [0.3, 0.4) is 0 Å². The molecule has 0 saturated heterocycles. The van der Waals surface area contributed by atoms with Crippen molar-refractivity contribution < 1.29 is 9.53 Å². The van der Waals surface area contributed by atoms with Crippen LogP contribution < -0.4 is 15.0 Å². The van der Waals surface area contributed by atoms with Crippen molar-refractivity contribution in [3.63, 3.8) is 0 Å². The van der Waals surface area contributed by atoms with E-state index in [-0.39, 0.29) is 5.91 Å². The highest BCUT2D eigenvalue weighted by atomic mass is 16.5. The Balaban J connectivity index is 1.60. The number of hydrogen-bond donors (Lipinski definition) is 1. The highest BCUT2D eigenvalue weighted by Crippen LogP contribution is 2.30. The molecule has 2 heterocycles. The maximum atomic E-state index is 12.5. The summed E-state index contributed by atoms with van der Waals surface area (Å²) in [5, 5.41) is 7.51. The largest absolute Gasteiger partial charge is 0.481 e. The number of hydrogen-bond acceptors (Lipinski definition) is 4. The number of benzene rings is 1. The second-order valence-corrected chi connectivity index (χ2v) is 7.15. The van der Waals surface area contributed by atoms with Gasteiger partial charge in [0.15, 0.2) is 0 Å². The van der Waals surface area contributed by atoms with Gasteiger partial charge >= 0.3 is 0 Å². The SMILES string of the molecule is CCc1nn(C)c(OC)c1CNC(=O)CCN1c2ccccc2CC[C@@H]1C. The molecule has 0 saturated carbocycles. The van der Waals surface area contributed by atoms with Gasteiger partial charge in [0, 0.05) is 38.3 Å². The number of aromatic nitrogens is 2. The summed E-state index contributed by atoms with van der Waals surface area (Å²) in [7, 11) is 3.50. The highest BCUT2D eigenvalue weighted by Gasteiger charge is 2.23. The van der Waals surface area contributed by atoms with Crippen molar-refractivity contribution in [2.45, 2.75) is 52.1 Å². The van der Waals surface area contributed by atoms with Gasteiger partial charge in [-0.1, -0.05) is 25.1 Å². The number of amides is 1. The minimum Gasteiger partial charge on any atom is -0.481 e. The summed E-state index contributed by atoms with van der Waals surface area (Å²) in [5.74, 6) is 0.768. The number of fused-ring (bicyclic) bond motifs is 1. The fourth-order valence-electron chi connectivity index (χ4n) is 3.92. The van der Waals surface area contributed by atoms with Crippen LogP contribution in [0.25, 0.3) is 0 Å². The first kappa shape index (κ1) is 19.3. The number of aryl methyl sites for hydroxylation is 3. The Kier molecular flexibility index (Phi) is 6.04. The van der Waals surface area contributed by atoms with E-state index in [9.17, 15) is 4.79 Å². The molecule has 0 unspecified atom stereocenters. The molecule has 1 aliphatic heterocycles. The number of rotatable bonds is 7. The fraction of sp³-hybridized carbons (Fsp3) is 0.524. The van der Waals surface area contributed by atoms with Crippen molar-refractivity contribution in [3.05, 3.63) is 41.1 Å². The number of nitrogens with zero attached hydrogens (tertiary/aromatic N) is 3. The number of nitrogens with one attached hydrogen (secondary N) is 1. The Hall–Kier alpha value is -2.50. The highest BCUT2D eigenvalue weighted by molar-refractivity contribution is 5.76. The first-order chi connectivity index (χ1) is 13.0. The molecular formula is C21H30N4O2. The lowest BCUT2D eigenvalue weighted by Gasteiger charge is -2.37. The Bertz CT molecular complexity index is 799. The first-order valence-corrected chi connectivity index (χ1v) is 9.75. The Morgan fingerprint density at radius 2 is 2.15 bits per heavy atom. The number of carbonyl (C=O) groups is 1. The summed E-state index contributed by atoms with van der Waals surface area (Å²) in [5.41, 5.74) is 4.58. The van der Waals surface area contributed by atoms with E-state index in [1.54, 1.807) is 11.8 Å². The molecule has 1 aromatic heterocycles. The number of para-hydroxylation sites is 1. The first-order valence-electron chi connectivity index (χ1n) is 9.75. The average molecular weight is 370 g/mol. The Morgan fingerprint density at radius 1 is 1.37 bits per heavy atom. The third-order valence-corrected chi connectivity index (χ3v) is 5.41. The summed E-state index contributed by atoms with van der Waals surface area (Å²) in [6.45, 7) is 5.48. The number of carbonyl (C=O) groups excluding carboxylic acids is 1. The molecule has 0 spiro atoms. The van der Waals surface area contributed by atoms with Gasteiger partial charge in [-0.3, -0.25) is 4.79 Å². The van der Waals surface area contributed by atoms with Gasteiger partial charge in [-0.15, -0.1) is 0 Å². The van der Waals surface area contributed by atoms with Crippen LogP contribution in [0.2, 0.25) is 0 Å². The predicted molar refractivity (Wildman–Crippen MR) is 107 cm³/mol. The number of anilines is 1. The Morgan fingerprint density at radius 3 is 2.89 bits per heavy atom. The zero-order chi connectivity index (χ0) is 19.4. The lowest BCUT2D eigenvalue weighted by atomic mass is 9.96. The third kappa shape index (κ3) is 4.10. The maximum absolute atomic E-state index is 12.5. The van der Waals surface area contributed by atoms with Gasteiger partial charge < -0.3 is 15.0 Å². The summed E-state index contributed by atoms with van der Waals surface area (Å²) >= 11 is 0. The van der Waals surface area contributed by atoms with E-state index in [4.69, 9.17) is 4.74 Å². The summed E-state index contributed by atoms with van der Waals surface area (Å²) < 4.78 is 7.17. The molecule has 0 aliphatic carbocycles. The standard InChI is InChI=1S/C21H30N4O2/c1-5-18-17(21(27-4)24(3)23-18)14-22-20(26)12-13-25-15(2)10-11-16-8-6-7-9-19(16)25/h6-9,15H,5,10-14H2,1-4H3,(H,22,26)/t15-/m0/s1. The smallest absolute Gasteiger partial charge is 0.222 e. The maximum Gasteiger partial charge on any atom is 0.222 e. The molecule has 1 atom stereocenters. The molecule has 27 heavy (non-hydrogen) atoms. The van der Waals surface area contributed by atoms with Gasteiger partial charge in [-0.05, 0) is 37.8 Å². The molecule has 0 radical (unpaired) electrons. The summed E-state index contributed by atoms with van der Waals surface area (Å²) in [4.78, 5) is 14.8. The molecule has 1 amide bonds. The molecule has 1 N–H and O–H groups in total. The van der Waals surface area contributed by atoms with Gasteiger partial charge in [0.25, 0.3) is 0 Å². The van der Waals surface area contributed by atoms with Gasteiger partial charge in [0.1, 0.15) is 0 Å². The van der Waals surface area contributed by atoms with E-state index >= 15 is 0 Å². The summed E-state index contributed by atoms with van der Waals surface area (Å²) in [6, 6.07) is 8.97. The number of ether oxygens (including phenoxy) is 1. The average Bonchev–Trinajstić information content (AvgIpc) is 3.00. The molecule has 1 aromatic carbocycles. The zero-order valence-corrected chi connectivity index (χ0v) is 16.8. The lowest BCUT2D eigenvalue weighted by Crippen LogP contribution is -2.39.